The summed E-state index contributed by atoms with van der Waals surface area (Å²) in [4.78, 5) is 15.0. The van der Waals surface area contributed by atoms with E-state index in [-0.39, 0.29) is 11.8 Å². The molecule has 0 saturated heterocycles. The van der Waals surface area contributed by atoms with Crippen molar-refractivity contribution in [1.82, 2.24) is 9.55 Å². The van der Waals surface area contributed by atoms with Crippen LogP contribution in [-0.2, 0) is 16.8 Å². The molecule has 2 aromatic rings. The van der Waals surface area contributed by atoms with Crippen LogP contribution in [0.5, 0.6) is 0 Å². The molecule has 0 saturated carbocycles. The maximum Gasteiger partial charge on any atom is 0.303 e. The number of imidazole rings is 1. The van der Waals surface area contributed by atoms with Crippen molar-refractivity contribution in [1.29, 1.82) is 0 Å². The first kappa shape index (κ1) is 16.4. The van der Waals surface area contributed by atoms with Gasteiger partial charge in [0.25, 0.3) is 0 Å². The zero-order valence-corrected chi connectivity index (χ0v) is 13.0. The number of unbranched alkanes of at least 4 members (excludes halogenated alkanes) is 1. The molecule has 0 aliphatic carbocycles. The van der Waals surface area contributed by atoms with E-state index in [1.165, 1.54) is 0 Å². The van der Waals surface area contributed by atoms with Crippen molar-refractivity contribution in [2.45, 2.75) is 52.0 Å². The normalized spacial score (nSPS) is 12.0. The first-order valence-electron chi connectivity index (χ1n) is 7.27. The molecule has 0 aliphatic heterocycles. The summed E-state index contributed by atoms with van der Waals surface area (Å²) in [6.07, 6.45) is 1.27. The van der Waals surface area contributed by atoms with Crippen LogP contribution in [0.15, 0.2) is 12.1 Å². The van der Waals surface area contributed by atoms with E-state index in [1.54, 1.807) is 0 Å². The van der Waals surface area contributed by atoms with Gasteiger partial charge in [-0.1, -0.05) is 20.8 Å². The quantitative estimate of drug-likeness (QED) is 0.853. The average Bonchev–Trinajstić information content (AvgIpc) is 2.73. The van der Waals surface area contributed by atoms with Crippen LogP contribution in [0.2, 0.25) is 0 Å². The number of benzene rings is 1. The number of halogens is 2. The minimum absolute atomic E-state index is 0.0977. The van der Waals surface area contributed by atoms with Gasteiger partial charge in [-0.3, -0.25) is 4.79 Å². The highest BCUT2D eigenvalue weighted by Gasteiger charge is 2.23. The van der Waals surface area contributed by atoms with E-state index in [4.69, 9.17) is 5.11 Å². The van der Waals surface area contributed by atoms with Crippen LogP contribution in [0.25, 0.3) is 11.0 Å². The molecule has 120 valence electrons. The average molecular weight is 310 g/mol. The molecule has 1 heterocycles. The molecule has 0 fully saturated rings. The number of carboxylic acids is 1. The summed E-state index contributed by atoms with van der Waals surface area (Å²) in [6.45, 7) is 6.47. The number of hydrogen-bond acceptors (Lipinski definition) is 2. The fraction of sp³-hybridized carbons (Fsp3) is 0.500. The Kier molecular flexibility index (Phi) is 4.49. The Morgan fingerprint density at radius 1 is 1.23 bits per heavy atom. The van der Waals surface area contributed by atoms with E-state index in [1.807, 2.05) is 25.3 Å². The molecule has 0 unspecified atom stereocenters. The topological polar surface area (TPSA) is 55.1 Å². The van der Waals surface area contributed by atoms with Crippen LogP contribution in [0, 0.1) is 11.6 Å². The van der Waals surface area contributed by atoms with Crippen LogP contribution in [0.3, 0.4) is 0 Å². The number of fused-ring (bicyclic) bond motifs is 1. The number of carboxylic acid groups (broad SMARTS) is 1. The lowest BCUT2D eigenvalue weighted by Crippen LogP contribution is -2.19. The summed E-state index contributed by atoms with van der Waals surface area (Å²) in [7, 11) is 0. The molecule has 0 radical (unpaired) electrons. The van der Waals surface area contributed by atoms with Crippen molar-refractivity contribution < 1.29 is 18.7 Å². The molecular formula is C16H20F2N2O2. The smallest absolute Gasteiger partial charge is 0.303 e. The second-order valence-electron chi connectivity index (χ2n) is 6.44. The van der Waals surface area contributed by atoms with Gasteiger partial charge in [-0.05, 0) is 12.8 Å². The fourth-order valence-electron chi connectivity index (χ4n) is 2.47. The van der Waals surface area contributed by atoms with Crippen LogP contribution in [-0.4, -0.2) is 20.6 Å². The Morgan fingerprint density at radius 3 is 2.45 bits per heavy atom. The molecule has 0 atom stereocenters. The third-order valence-electron chi connectivity index (χ3n) is 3.48. The van der Waals surface area contributed by atoms with Crippen molar-refractivity contribution in [2.75, 3.05) is 0 Å². The molecule has 0 amide bonds. The minimum Gasteiger partial charge on any atom is -0.481 e. The molecular weight excluding hydrogens is 290 g/mol. The molecule has 2 rings (SSSR count). The molecule has 0 bridgehead atoms. The van der Waals surface area contributed by atoms with Gasteiger partial charge in [0, 0.05) is 30.5 Å². The number of aliphatic carboxylic acids is 1. The molecule has 0 aliphatic rings. The van der Waals surface area contributed by atoms with E-state index in [2.05, 4.69) is 4.98 Å². The SMILES string of the molecule is CC(C)(C)c1nc2cc(F)c(F)cc2n1CCCCC(=O)O. The number of carbonyl (C=O) groups is 1. The van der Waals surface area contributed by atoms with Crippen molar-refractivity contribution in [3.8, 4) is 0 Å². The monoisotopic (exact) mass is 310 g/mol. The lowest BCUT2D eigenvalue weighted by molar-refractivity contribution is -0.137. The Morgan fingerprint density at radius 2 is 1.86 bits per heavy atom. The van der Waals surface area contributed by atoms with Gasteiger partial charge in [0.05, 0.1) is 11.0 Å². The second kappa shape index (κ2) is 6.02. The summed E-state index contributed by atoms with van der Waals surface area (Å²) in [5.74, 6) is -1.91. The summed E-state index contributed by atoms with van der Waals surface area (Å²) in [5.41, 5.74) is 0.680. The highest BCUT2D eigenvalue weighted by molar-refractivity contribution is 5.76. The molecule has 6 heteroatoms. The first-order chi connectivity index (χ1) is 10.2. The van der Waals surface area contributed by atoms with Gasteiger partial charge in [-0.2, -0.15) is 0 Å². The zero-order valence-electron chi connectivity index (χ0n) is 13.0. The maximum absolute atomic E-state index is 13.5. The van der Waals surface area contributed by atoms with E-state index in [0.717, 1.165) is 18.0 Å². The Bertz CT molecular complexity index is 702. The van der Waals surface area contributed by atoms with Crippen molar-refractivity contribution >= 4 is 17.0 Å². The van der Waals surface area contributed by atoms with E-state index in [0.29, 0.717) is 30.4 Å². The summed E-state index contributed by atoms with van der Waals surface area (Å²) in [6, 6.07) is 2.26. The van der Waals surface area contributed by atoms with Crippen molar-refractivity contribution in [2.24, 2.45) is 0 Å². The van der Waals surface area contributed by atoms with Crippen LogP contribution >= 0.6 is 0 Å². The van der Waals surface area contributed by atoms with Crippen LogP contribution in [0.4, 0.5) is 8.78 Å². The molecule has 22 heavy (non-hydrogen) atoms. The predicted molar refractivity (Wildman–Crippen MR) is 79.8 cm³/mol. The minimum atomic E-state index is -0.913. The predicted octanol–water partition coefficient (Wildman–Crippen LogP) is 3.87. The van der Waals surface area contributed by atoms with Crippen LogP contribution in [0.1, 0.15) is 45.9 Å². The lowest BCUT2D eigenvalue weighted by atomic mass is 9.95. The van der Waals surface area contributed by atoms with Gasteiger partial charge < -0.3 is 9.67 Å². The number of hydrogen-bond donors (Lipinski definition) is 1. The van der Waals surface area contributed by atoms with E-state index < -0.39 is 17.6 Å². The van der Waals surface area contributed by atoms with Gasteiger partial charge in [-0.15, -0.1) is 0 Å². The summed E-state index contributed by atoms with van der Waals surface area (Å²) >= 11 is 0. The van der Waals surface area contributed by atoms with E-state index >= 15 is 0 Å². The molecule has 0 spiro atoms. The van der Waals surface area contributed by atoms with Crippen molar-refractivity contribution in [3.63, 3.8) is 0 Å². The number of aryl methyl sites for hydroxylation is 1. The number of nitrogens with zero attached hydrogens (tertiary/aromatic N) is 2. The lowest BCUT2D eigenvalue weighted by Gasteiger charge is -2.20. The zero-order chi connectivity index (χ0) is 16.5. The van der Waals surface area contributed by atoms with Gasteiger partial charge in [0.1, 0.15) is 5.82 Å². The highest BCUT2D eigenvalue weighted by atomic mass is 19.2. The third-order valence-corrected chi connectivity index (χ3v) is 3.48. The Hall–Kier alpha value is -1.98. The third kappa shape index (κ3) is 3.43. The fourth-order valence-corrected chi connectivity index (χ4v) is 2.47. The highest BCUT2D eigenvalue weighted by Crippen LogP contribution is 2.28. The van der Waals surface area contributed by atoms with Gasteiger partial charge >= 0.3 is 5.97 Å². The van der Waals surface area contributed by atoms with Gasteiger partial charge in [0.15, 0.2) is 11.6 Å². The Labute approximate surface area is 127 Å². The number of aromatic nitrogens is 2. The van der Waals surface area contributed by atoms with Crippen molar-refractivity contribution in [3.05, 3.63) is 29.6 Å². The van der Waals surface area contributed by atoms with Gasteiger partial charge in [-0.25, -0.2) is 13.8 Å². The molecule has 1 aromatic carbocycles. The summed E-state index contributed by atoms with van der Waals surface area (Å²) in [5, 5.41) is 8.68. The second-order valence-corrected chi connectivity index (χ2v) is 6.44. The summed E-state index contributed by atoms with van der Waals surface area (Å²) < 4.78 is 28.8. The van der Waals surface area contributed by atoms with E-state index in [9.17, 15) is 13.6 Å². The molecule has 1 N–H and O–H groups in total. The molecule has 1 aromatic heterocycles. The van der Waals surface area contributed by atoms with Crippen LogP contribution < -0.4 is 0 Å². The first-order valence-corrected chi connectivity index (χ1v) is 7.27. The number of rotatable bonds is 5. The molecule has 4 nitrogen and oxygen atoms in total. The van der Waals surface area contributed by atoms with Gasteiger partial charge in [0.2, 0.25) is 0 Å². The largest absolute Gasteiger partial charge is 0.481 e. The Balaban J connectivity index is 2.39. The maximum atomic E-state index is 13.5. The standard InChI is InChI=1S/C16H20F2N2O2/c1-16(2,3)15-19-12-8-10(17)11(18)9-13(12)20(15)7-5-4-6-14(21)22/h8-9H,4-7H2,1-3H3,(H,21,22).